The molecule has 17 heavy (non-hydrogen) atoms. The number of pyridine rings is 1. The quantitative estimate of drug-likeness (QED) is 0.775. The molecule has 1 aromatic heterocycles. The maximum absolute atomic E-state index is 5.06. The zero-order chi connectivity index (χ0) is 11.9. The smallest absolute Gasteiger partial charge is 0.137 e. The number of nitrogens with zero attached hydrogens (tertiary/aromatic N) is 2. The van der Waals surface area contributed by atoms with Crippen molar-refractivity contribution in [1.29, 1.82) is 0 Å². The van der Waals surface area contributed by atoms with Gasteiger partial charge in [0.25, 0.3) is 0 Å². The summed E-state index contributed by atoms with van der Waals surface area (Å²) in [6, 6.07) is 3.86. The Labute approximate surface area is 102 Å². The molecular formula is C12H20N4O. The van der Waals surface area contributed by atoms with Gasteiger partial charge in [0.2, 0.25) is 0 Å². The molecule has 2 N–H and O–H groups in total. The second-order valence-corrected chi connectivity index (χ2v) is 4.10. The van der Waals surface area contributed by atoms with E-state index in [0.29, 0.717) is 0 Å². The average Bonchev–Trinajstić information content (AvgIpc) is 2.41. The van der Waals surface area contributed by atoms with Crippen LogP contribution < -0.4 is 15.4 Å². The third-order valence-electron chi connectivity index (χ3n) is 2.92. The number of hydrogen-bond acceptors (Lipinski definition) is 5. The molecule has 1 aliphatic heterocycles. The number of rotatable bonds is 5. The van der Waals surface area contributed by atoms with Crippen LogP contribution in [0.5, 0.6) is 5.75 Å². The van der Waals surface area contributed by atoms with Crippen molar-refractivity contribution in [2.45, 2.75) is 0 Å². The number of ether oxygens (including phenoxy) is 1. The van der Waals surface area contributed by atoms with Crippen molar-refractivity contribution in [2.75, 3.05) is 51.7 Å². The van der Waals surface area contributed by atoms with E-state index in [1.165, 1.54) is 0 Å². The molecule has 5 nitrogen and oxygen atoms in total. The number of hydrogen-bond donors (Lipinski definition) is 2. The number of piperazine rings is 1. The van der Waals surface area contributed by atoms with Gasteiger partial charge in [-0.3, -0.25) is 4.90 Å². The van der Waals surface area contributed by atoms with Crippen LogP contribution in [-0.2, 0) is 0 Å². The highest BCUT2D eigenvalue weighted by Crippen LogP contribution is 2.10. The minimum absolute atomic E-state index is 0.789. The van der Waals surface area contributed by atoms with Gasteiger partial charge in [0.15, 0.2) is 0 Å². The van der Waals surface area contributed by atoms with E-state index in [1.807, 2.05) is 12.1 Å². The van der Waals surface area contributed by atoms with Gasteiger partial charge < -0.3 is 15.4 Å². The molecule has 0 radical (unpaired) electrons. The normalized spacial score (nSPS) is 16.8. The van der Waals surface area contributed by atoms with Gasteiger partial charge >= 0.3 is 0 Å². The molecule has 0 saturated carbocycles. The lowest BCUT2D eigenvalue weighted by molar-refractivity contribution is 0.249. The average molecular weight is 236 g/mol. The van der Waals surface area contributed by atoms with Crippen LogP contribution in [-0.4, -0.2) is 56.3 Å². The Morgan fingerprint density at radius 3 is 2.88 bits per heavy atom. The standard InChI is InChI=1S/C12H20N4O/c1-17-11-2-3-12(15-10-11)14-6-9-16-7-4-13-5-8-16/h2-3,10,13H,4-9H2,1H3,(H,14,15). The molecule has 0 spiro atoms. The Kier molecular flexibility index (Phi) is 4.58. The molecule has 94 valence electrons. The molecule has 0 amide bonds. The SMILES string of the molecule is COc1ccc(NCCN2CCNCC2)nc1. The molecule has 0 bridgehead atoms. The van der Waals surface area contributed by atoms with Gasteiger partial charge in [-0.2, -0.15) is 0 Å². The van der Waals surface area contributed by atoms with Crippen LogP contribution in [0, 0.1) is 0 Å². The van der Waals surface area contributed by atoms with Gasteiger partial charge in [-0.15, -0.1) is 0 Å². The van der Waals surface area contributed by atoms with Crippen molar-refractivity contribution < 1.29 is 4.74 Å². The minimum atomic E-state index is 0.789. The lowest BCUT2D eigenvalue weighted by Crippen LogP contribution is -2.45. The Balaban J connectivity index is 1.69. The number of methoxy groups -OCH3 is 1. The molecule has 2 heterocycles. The van der Waals surface area contributed by atoms with Gasteiger partial charge in [-0.05, 0) is 12.1 Å². The van der Waals surface area contributed by atoms with E-state index < -0.39 is 0 Å². The molecule has 1 saturated heterocycles. The van der Waals surface area contributed by atoms with Crippen LogP contribution in [0.1, 0.15) is 0 Å². The summed E-state index contributed by atoms with van der Waals surface area (Å²) in [5.74, 6) is 1.69. The molecule has 0 atom stereocenters. The molecule has 0 aromatic carbocycles. The van der Waals surface area contributed by atoms with E-state index in [2.05, 4.69) is 20.5 Å². The third kappa shape index (κ3) is 3.87. The van der Waals surface area contributed by atoms with E-state index in [-0.39, 0.29) is 0 Å². The zero-order valence-electron chi connectivity index (χ0n) is 10.3. The molecule has 2 rings (SSSR count). The first kappa shape index (κ1) is 12.1. The fourth-order valence-corrected chi connectivity index (χ4v) is 1.88. The summed E-state index contributed by atoms with van der Waals surface area (Å²) >= 11 is 0. The summed E-state index contributed by atoms with van der Waals surface area (Å²) in [7, 11) is 1.65. The van der Waals surface area contributed by atoms with Crippen LogP contribution >= 0.6 is 0 Å². The highest BCUT2D eigenvalue weighted by atomic mass is 16.5. The summed E-state index contributed by atoms with van der Waals surface area (Å²) in [4.78, 5) is 6.72. The van der Waals surface area contributed by atoms with Crippen LogP contribution in [0.4, 0.5) is 5.82 Å². The van der Waals surface area contributed by atoms with Crippen LogP contribution in [0.3, 0.4) is 0 Å². The van der Waals surface area contributed by atoms with Gasteiger partial charge in [0.05, 0.1) is 13.3 Å². The topological polar surface area (TPSA) is 49.4 Å². The highest BCUT2D eigenvalue weighted by molar-refractivity contribution is 5.37. The molecule has 5 heteroatoms. The first-order chi connectivity index (χ1) is 8.38. The third-order valence-corrected chi connectivity index (χ3v) is 2.92. The van der Waals surface area contributed by atoms with Crippen LogP contribution in [0.15, 0.2) is 18.3 Å². The lowest BCUT2D eigenvalue weighted by Gasteiger charge is -2.27. The highest BCUT2D eigenvalue weighted by Gasteiger charge is 2.08. The predicted molar refractivity (Wildman–Crippen MR) is 68.6 cm³/mol. The summed E-state index contributed by atoms with van der Waals surface area (Å²) in [6.07, 6.45) is 1.73. The zero-order valence-corrected chi connectivity index (χ0v) is 10.3. The fourth-order valence-electron chi connectivity index (χ4n) is 1.88. The van der Waals surface area contributed by atoms with Crippen LogP contribution in [0.25, 0.3) is 0 Å². The second-order valence-electron chi connectivity index (χ2n) is 4.10. The minimum Gasteiger partial charge on any atom is -0.495 e. The largest absolute Gasteiger partial charge is 0.495 e. The summed E-state index contributed by atoms with van der Waals surface area (Å²) in [5.41, 5.74) is 0. The van der Waals surface area contributed by atoms with Crippen molar-refractivity contribution in [2.24, 2.45) is 0 Å². The maximum atomic E-state index is 5.06. The van der Waals surface area contributed by atoms with E-state index in [4.69, 9.17) is 4.74 Å². The lowest BCUT2D eigenvalue weighted by atomic mass is 10.3. The van der Waals surface area contributed by atoms with Crippen LogP contribution in [0.2, 0.25) is 0 Å². The maximum Gasteiger partial charge on any atom is 0.137 e. The Morgan fingerprint density at radius 1 is 1.41 bits per heavy atom. The number of anilines is 1. The van der Waals surface area contributed by atoms with Crippen molar-refractivity contribution >= 4 is 5.82 Å². The molecular weight excluding hydrogens is 216 g/mol. The van der Waals surface area contributed by atoms with E-state index in [1.54, 1.807) is 13.3 Å². The van der Waals surface area contributed by atoms with Crippen molar-refractivity contribution in [3.8, 4) is 5.75 Å². The van der Waals surface area contributed by atoms with Crippen molar-refractivity contribution in [3.63, 3.8) is 0 Å². The van der Waals surface area contributed by atoms with Gasteiger partial charge in [-0.25, -0.2) is 4.98 Å². The molecule has 1 aromatic rings. The van der Waals surface area contributed by atoms with E-state index in [9.17, 15) is 0 Å². The molecule has 0 unspecified atom stereocenters. The number of aromatic nitrogens is 1. The Hall–Kier alpha value is -1.33. The Bertz CT molecular complexity index is 322. The van der Waals surface area contributed by atoms with Crippen molar-refractivity contribution in [1.82, 2.24) is 15.2 Å². The van der Waals surface area contributed by atoms with E-state index >= 15 is 0 Å². The number of nitrogens with one attached hydrogen (secondary N) is 2. The first-order valence-corrected chi connectivity index (χ1v) is 6.05. The fraction of sp³-hybridized carbons (Fsp3) is 0.583. The first-order valence-electron chi connectivity index (χ1n) is 6.05. The Morgan fingerprint density at radius 2 is 2.24 bits per heavy atom. The van der Waals surface area contributed by atoms with Gasteiger partial charge in [0.1, 0.15) is 11.6 Å². The predicted octanol–water partition coefficient (Wildman–Crippen LogP) is 0.407. The monoisotopic (exact) mass is 236 g/mol. The van der Waals surface area contributed by atoms with E-state index in [0.717, 1.165) is 50.8 Å². The summed E-state index contributed by atoms with van der Waals surface area (Å²) < 4.78 is 5.06. The summed E-state index contributed by atoms with van der Waals surface area (Å²) in [6.45, 7) is 6.46. The van der Waals surface area contributed by atoms with Crippen molar-refractivity contribution in [3.05, 3.63) is 18.3 Å². The molecule has 1 fully saturated rings. The van der Waals surface area contributed by atoms with Gasteiger partial charge in [0, 0.05) is 39.3 Å². The summed E-state index contributed by atoms with van der Waals surface area (Å²) in [5, 5.41) is 6.66. The molecule has 0 aliphatic carbocycles. The van der Waals surface area contributed by atoms with Gasteiger partial charge in [-0.1, -0.05) is 0 Å². The second kappa shape index (κ2) is 6.42. The molecule has 1 aliphatic rings.